The number of rotatable bonds is 9. The van der Waals surface area contributed by atoms with Crippen molar-refractivity contribution in [2.24, 2.45) is 0 Å². The van der Waals surface area contributed by atoms with E-state index in [1.165, 1.54) is 0 Å². The molecule has 3 heterocycles. The number of carbonyl (C=O) groups is 1. The Balaban J connectivity index is 1.16. The van der Waals surface area contributed by atoms with Gasteiger partial charge in [-0.1, -0.05) is 42.1 Å². The molecule has 2 aromatic carbocycles. The number of benzene rings is 2. The number of ether oxygens (including phenoxy) is 3. The average molecular weight is 509 g/mol. The molecule has 5 rings (SSSR count). The van der Waals surface area contributed by atoms with E-state index in [9.17, 15) is 4.79 Å². The van der Waals surface area contributed by atoms with Crippen LogP contribution in [0.3, 0.4) is 0 Å². The predicted molar refractivity (Wildman–Crippen MR) is 138 cm³/mol. The van der Waals surface area contributed by atoms with Gasteiger partial charge in [0, 0.05) is 49.4 Å². The molecular formula is C27H32N4O4S. The van der Waals surface area contributed by atoms with Crippen LogP contribution in [-0.4, -0.2) is 70.5 Å². The number of hydrogen-bond donors (Lipinski definition) is 0. The van der Waals surface area contributed by atoms with Gasteiger partial charge in [0.25, 0.3) is 0 Å². The minimum absolute atomic E-state index is 0.223. The van der Waals surface area contributed by atoms with Gasteiger partial charge in [-0.15, -0.1) is 10.2 Å². The summed E-state index contributed by atoms with van der Waals surface area (Å²) in [6, 6.07) is 18.0. The Morgan fingerprint density at radius 1 is 1.00 bits per heavy atom. The maximum atomic E-state index is 12.7. The Labute approximate surface area is 215 Å². The number of thioether (sulfide) groups is 1. The summed E-state index contributed by atoms with van der Waals surface area (Å²) in [7, 11) is 1.66. The summed E-state index contributed by atoms with van der Waals surface area (Å²) in [5, 5.41) is 9.84. The Kier molecular flexibility index (Phi) is 7.89. The highest BCUT2D eigenvalue weighted by Crippen LogP contribution is 2.32. The van der Waals surface area contributed by atoms with Gasteiger partial charge in [0.1, 0.15) is 5.75 Å². The van der Waals surface area contributed by atoms with Gasteiger partial charge in [-0.05, 0) is 37.1 Å². The molecule has 1 aromatic heterocycles. The number of hydrogen-bond acceptors (Lipinski definition) is 7. The lowest BCUT2D eigenvalue weighted by Gasteiger charge is -2.37. The van der Waals surface area contributed by atoms with Crippen molar-refractivity contribution in [3.05, 3.63) is 54.6 Å². The van der Waals surface area contributed by atoms with Crippen LogP contribution in [0.4, 0.5) is 0 Å². The minimum Gasteiger partial charge on any atom is -0.497 e. The molecular weight excluding hydrogens is 476 g/mol. The van der Waals surface area contributed by atoms with Crippen molar-refractivity contribution in [3.8, 4) is 22.8 Å². The summed E-state index contributed by atoms with van der Waals surface area (Å²) < 4.78 is 18.9. The van der Waals surface area contributed by atoms with Crippen LogP contribution in [0.2, 0.25) is 0 Å². The van der Waals surface area contributed by atoms with E-state index in [4.69, 9.17) is 14.2 Å². The molecule has 2 aliphatic heterocycles. The number of likely N-dealkylation sites (tertiary alicyclic amines) is 1. The van der Waals surface area contributed by atoms with Crippen LogP contribution in [0, 0.1) is 0 Å². The number of carbonyl (C=O) groups excluding carboxylic acids is 1. The molecule has 190 valence electrons. The molecule has 0 radical (unpaired) electrons. The van der Waals surface area contributed by atoms with E-state index in [1.54, 1.807) is 18.9 Å². The molecule has 0 bridgehead atoms. The third-order valence-corrected chi connectivity index (χ3v) is 7.72. The molecule has 8 nitrogen and oxygen atoms in total. The lowest BCUT2D eigenvalue weighted by molar-refractivity contribution is -0.187. The highest BCUT2D eigenvalue weighted by atomic mass is 32.2. The Morgan fingerprint density at radius 3 is 2.42 bits per heavy atom. The molecule has 1 amide bonds. The van der Waals surface area contributed by atoms with Gasteiger partial charge in [0.05, 0.1) is 20.3 Å². The van der Waals surface area contributed by atoms with E-state index in [-0.39, 0.29) is 5.91 Å². The third kappa shape index (κ3) is 5.58. The van der Waals surface area contributed by atoms with Crippen molar-refractivity contribution in [1.29, 1.82) is 0 Å². The van der Waals surface area contributed by atoms with Gasteiger partial charge in [0.15, 0.2) is 16.8 Å². The van der Waals surface area contributed by atoms with Gasteiger partial charge in [-0.2, -0.15) is 0 Å². The van der Waals surface area contributed by atoms with Gasteiger partial charge in [-0.3, -0.25) is 9.36 Å². The first-order chi connectivity index (χ1) is 17.7. The summed E-state index contributed by atoms with van der Waals surface area (Å²) >= 11 is 1.67. The molecule has 0 atom stereocenters. The first-order valence-electron chi connectivity index (χ1n) is 12.5. The van der Waals surface area contributed by atoms with Crippen molar-refractivity contribution in [2.45, 2.75) is 43.0 Å². The fraction of sp³-hybridized carbons (Fsp3) is 0.444. The van der Waals surface area contributed by atoms with Crippen LogP contribution in [0.1, 0.15) is 32.1 Å². The lowest BCUT2D eigenvalue weighted by Crippen LogP contribution is -2.47. The topological polar surface area (TPSA) is 78.7 Å². The predicted octanol–water partition coefficient (Wildman–Crippen LogP) is 4.57. The standard InChI is InChI=1S/C27H32N4O4S/c1-33-23-12-10-22(11-13-23)31-25(21-7-3-2-4-8-21)28-29-26(31)36-20-6-5-9-24(32)30-16-14-27(15-17-30)34-18-19-35-27/h2-4,7-8,10-13H,5-6,9,14-20H2,1H3. The maximum Gasteiger partial charge on any atom is 0.222 e. The molecule has 0 saturated carbocycles. The zero-order valence-electron chi connectivity index (χ0n) is 20.6. The quantitative estimate of drug-likeness (QED) is 0.309. The fourth-order valence-corrected chi connectivity index (χ4v) is 5.63. The van der Waals surface area contributed by atoms with Crippen LogP contribution in [0.25, 0.3) is 17.1 Å². The lowest BCUT2D eigenvalue weighted by atomic mass is 10.0. The van der Waals surface area contributed by atoms with Crippen molar-refractivity contribution >= 4 is 17.7 Å². The van der Waals surface area contributed by atoms with E-state index in [0.29, 0.717) is 32.7 Å². The zero-order chi connectivity index (χ0) is 24.8. The number of nitrogens with zero attached hydrogens (tertiary/aromatic N) is 4. The maximum absolute atomic E-state index is 12.7. The number of methoxy groups -OCH3 is 1. The van der Waals surface area contributed by atoms with E-state index < -0.39 is 5.79 Å². The van der Waals surface area contributed by atoms with Crippen molar-refractivity contribution in [3.63, 3.8) is 0 Å². The van der Waals surface area contributed by atoms with Crippen LogP contribution in [-0.2, 0) is 14.3 Å². The molecule has 3 aromatic rings. The molecule has 9 heteroatoms. The highest BCUT2D eigenvalue weighted by Gasteiger charge is 2.40. The summed E-state index contributed by atoms with van der Waals surface area (Å²) in [5.74, 6) is 2.25. The van der Waals surface area contributed by atoms with E-state index in [0.717, 1.165) is 59.4 Å². The molecule has 0 unspecified atom stereocenters. The summed E-state index contributed by atoms with van der Waals surface area (Å²) in [4.78, 5) is 14.6. The van der Waals surface area contributed by atoms with Crippen LogP contribution in [0.15, 0.2) is 59.8 Å². The molecule has 0 N–H and O–H groups in total. The molecule has 2 aliphatic rings. The second-order valence-electron chi connectivity index (χ2n) is 9.00. The Bertz CT molecular complexity index is 1140. The van der Waals surface area contributed by atoms with Crippen LogP contribution in [0.5, 0.6) is 5.75 Å². The Hall–Kier alpha value is -2.88. The van der Waals surface area contributed by atoms with Gasteiger partial charge >= 0.3 is 0 Å². The monoisotopic (exact) mass is 508 g/mol. The third-order valence-electron chi connectivity index (χ3n) is 6.70. The highest BCUT2D eigenvalue weighted by molar-refractivity contribution is 7.99. The first kappa shape index (κ1) is 24.8. The molecule has 2 fully saturated rings. The van der Waals surface area contributed by atoms with Crippen LogP contribution < -0.4 is 4.74 Å². The second-order valence-corrected chi connectivity index (χ2v) is 10.1. The number of piperidine rings is 1. The molecule has 2 saturated heterocycles. The fourth-order valence-electron chi connectivity index (χ4n) is 4.68. The molecule has 0 aliphatic carbocycles. The number of aromatic nitrogens is 3. The number of unbranched alkanes of at least 4 members (excludes halogenated alkanes) is 1. The SMILES string of the molecule is COc1ccc(-n2c(SCCCCC(=O)N3CCC4(CC3)OCCO4)nnc2-c2ccccc2)cc1. The second kappa shape index (κ2) is 11.5. The Morgan fingerprint density at radius 2 is 1.72 bits per heavy atom. The smallest absolute Gasteiger partial charge is 0.222 e. The van der Waals surface area contributed by atoms with Gasteiger partial charge in [-0.25, -0.2) is 0 Å². The van der Waals surface area contributed by atoms with Crippen LogP contribution >= 0.6 is 11.8 Å². The van der Waals surface area contributed by atoms with E-state index >= 15 is 0 Å². The average Bonchev–Trinajstić information content (AvgIpc) is 3.57. The van der Waals surface area contributed by atoms with Crippen molar-refractivity contribution in [1.82, 2.24) is 19.7 Å². The van der Waals surface area contributed by atoms with Crippen molar-refractivity contribution < 1.29 is 19.0 Å². The van der Waals surface area contributed by atoms with E-state index in [2.05, 4.69) is 14.8 Å². The summed E-state index contributed by atoms with van der Waals surface area (Å²) in [6.45, 7) is 2.73. The summed E-state index contributed by atoms with van der Waals surface area (Å²) in [6.07, 6.45) is 3.87. The summed E-state index contributed by atoms with van der Waals surface area (Å²) in [5.41, 5.74) is 1.99. The van der Waals surface area contributed by atoms with Crippen molar-refractivity contribution in [2.75, 3.05) is 39.2 Å². The molecule has 36 heavy (non-hydrogen) atoms. The largest absolute Gasteiger partial charge is 0.497 e. The van der Waals surface area contributed by atoms with Gasteiger partial charge < -0.3 is 19.1 Å². The normalized spacial score (nSPS) is 17.0. The first-order valence-corrected chi connectivity index (χ1v) is 13.5. The minimum atomic E-state index is -0.439. The van der Waals surface area contributed by atoms with Gasteiger partial charge in [0.2, 0.25) is 5.91 Å². The molecule has 1 spiro atoms. The number of amides is 1. The zero-order valence-corrected chi connectivity index (χ0v) is 21.4. The van der Waals surface area contributed by atoms with E-state index in [1.807, 2.05) is 59.5 Å².